The Morgan fingerprint density at radius 1 is 1.21 bits per heavy atom. The molecule has 4 heteroatoms. The predicted octanol–water partition coefficient (Wildman–Crippen LogP) is 2.63. The molecule has 1 aliphatic rings. The average molecular weight is 265 g/mol. The predicted molar refractivity (Wildman–Crippen MR) is 74.1 cm³/mol. The first kappa shape index (κ1) is 14.3. The van der Waals surface area contributed by atoms with E-state index in [-0.39, 0.29) is 6.04 Å². The van der Waals surface area contributed by atoms with Crippen molar-refractivity contribution in [3.8, 4) is 5.75 Å². The monoisotopic (exact) mass is 265 g/mol. The second-order valence-corrected chi connectivity index (χ2v) is 4.69. The maximum atomic E-state index is 6.22. The van der Waals surface area contributed by atoms with Crippen LogP contribution in [0.1, 0.15) is 38.3 Å². The number of nitrogens with two attached hydrogens (primary N) is 1. The summed E-state index contributed by atoms with van der Waals surface area (Å²) >= 11 is 0. The van der Waals surface area contributed by atoms with Crippen LogP contribution in [-0.2, 0) is 9.47 Å². The highest BCUT2D eigenvalue weighted by molar-refractivity contribution is 5.31. The van der Waals surface area contributed by atoms with Crippen LogP contribution in [0.3, 0.4) is 0 Å². The Labute approximate surface area is 114 Å². The molecule has 1 unspecified atom stereocenters. The Balaban J connectivity index is 2.04. The molecule has 0 spiro atoms. The topological polar surface area (TPSA) is 53.7 Å². The lowest BCUT2D eigenvalue weighted by Gasteiger charge is -2.24. The van der Waals surface area contributed by atoms with E-state index in [0.29, 0.717) is 19.3 Å². The summed E-state index contributed by atoms with van der Waals surface area (Å²) in [7, 11) is 0. The molecule has 0 amide bonds. The van der Waals surface area contributed by atoms with Crippen LogP contribution in [0.2, 0.25) is 0 Å². The summed E-state index contributed by atoms with van der Waals surface area (Å²) in [6.45, 7) is 5.03. The molecule has 106 valence electrons. The summed E-state index contributed by atoms with van der Waals surface area (Å²) in [5.41, 5.74) is 7.20. The van der Waals surface area contributed by atoms with Crippen LogP contribution in [0.5, 0.6) is 5.75 Å². The maximum Gasteiger partial charge on any atom is 0.176 e. The lowest BCUT2D eigenvalue weighted by Crippen LogP contribution is -2.31. The molecule has 2 N–H and O–H groups in total. The number of hydrogen-bond acceptors (Lipinski definition) is 4. The second-order valence-electron chi connectivity index (χ2n) is 4.69. The lowest BCUT2D eigenvalue weighted by molar-refractivity contribution is -0.149. The van der Waals surface area contributed by atoms with E-state index in [4.69, 9.17) is 19.9 Å². The van der Waals surface area contributed by atoms with E-state index < -0.39 is 6.29 Å². The summed E-state index contributed by atoms with van der Waals surface area (Å²) < 4.78 is 16.9. The summed E-state index contributed by atoms with van der Waals surface area (Å²) in [4.78, 5) is 0. The number of rotatable bonds is 8. The molecule has 2 rings (SSSR count). The zero-order valence-corrected chi connectivity index (χ0v) is 11.7. The largest absolute Gasteiger partial charge is 0.490 e. The van der Waals surface area contributed by atoms with Gasteiger partial charge in [0.05, 0.1) is 12.1 Å². The molecule has 1 aliphatic carbocycles. The normalized spacial score (nSPS) is 16.6. The fraction of sp³-hybridized carbons (Fsp3) is 0.600. The molecular formula is C15H23NO3. The van der Waals surface area contributed by atoms with E-state index in [2.05, 4.69) is 0 Å². The zero-order chi connectivity index (χ0) is 13.7. The van der Waals surface area contributed by atoms with Gasteiger partial charge in [-0.3, -0.25) is 0 Å². The van der Waals surface area contributed by atoms with Crippen molar-refractivity contribution < 1.29 is 14.2 Å². The average Bonchev–Trinajstić information content (AvgIpc) is 3.22. The van der Waals surface area contributed by atoms with Crippen molar-refractivity contribution in [2.75, 3.05) is 13.2 Å². The summed E-state index contributed by atoms with van der Waals surface area (Å²) in [5.74, 6) is 0.877. The van der Waals surface area contributed by atoms with E-state index in [1.807, 2.05) is 38.1 Å². The van der Waals surface area contributed by atoms with Gasteiger partial charge >= 0.3 is 0 Å². The van der Waals surface area contributed by atoms with Crippen molar-refractivity contribution in [1.29, 1.82) is 0 Å². The minimum atomic E-state index is -0.411. The third-order valence-corrected chi connectivity index (χ3v) is 3.03. The molecule has 4 nitrogen and oxygen atoms in total. The lowest BCUT2D eigenvalue weighted by atomic mass is 10.1. The Bertz CT molecular complexity index is 387. The number of hydrogen-bond donors (Lipinski definition) is 1. The first-order chi connectivity index (χ1) is 9.24. The molecule has 0 bridgehead atoms. The third kappa shape index (κ3) is 4.20. The molecule has 1 aromatic carbocycles. The fourth-order valence-corrected chi connectivity index (χ4v) is 1.91. The van der Waals surface area contributed by atoms with Crippen molar-refractivity contribution in [3.05, 3.63) is 29.8 Å². The minimum Gasteiger partial charge on any atom is -0.490 e. The standard InChI is InChI=1S/C15H23NO3/c1-3-17-15(18-4-2)14(16)11-6-5-7-13(10-11)19-12-8-9-12/h5-7,10,12,14-15H,3-4,8-9,16H2,1-2H3. The SMILES string of the molecule is CCOC(OCC)C(N)c1cccc(OC2CC2)c1. The van der Waals surface area contributed by atoms with Gasteiger partial charge in [-0.25, -0.2) is 0 Å². The molecule has 1 aromatic rings. The maximum absolute atomic E-state index is 6.22. The highest BCUT2D eigenvalue weighted by Gasteiger charge is 2.24. The third-order valence-electron chi connectivity index (χ3n) is 3.03. The van der Waals surface area contributed by atoms with E-state index in [1.165, 1.54) is 0 Å². The van der Waals surface area contributed by atoms with Gasteiger partial charge in [-0.2, -0.15) is 0 Å². The van der Waals surface area contributed by atoms with Crippen molar-refractivity contribution in [2.45, 2.75) is 45.1 Å². The molecule has 1 fully saturated rings. The Morgan fingerprint density at radius 3 is 2.47 bits per heavy atom. The smallest absolute Gasteiger partial charge is 0.176 e. The zero-order valence-electron chi connectivity index (χ0n) is 11.7. The van der Waals surface area contributed by atoms with Crippen molar-refractivity contribution in [1.82, 2.24) is 0 Å². The first-order valence-corrected chi connectivity index (χ1v) is 7.00. The van der Waals surface area contributed by atoms with Gasteiger partial charge in [-0.05, 0) is 44.4 Å². The van der Waals surface area contributed by atoms with Gasteiger partial charge in [0, 0.05) is 13.2 Å². The molecule has 0 saturated heterocycles. The van der Waals surface area contributed by atoms with Crippen LogP contribution >= 0.6 is 0 Å². The molecule has 19 heavy (non-hydrogen) atoms. The second kappa shape index (κ2) is 6.89. The Kier molecular flexibility index (Phi) is 5.19. The van der Waals surface area contributed by atoms with Crippen molar-refractivity contribution in [2.24, 2.45) is 5.73 Å². The van der Waals surface area contributed by atoms with E-state index in [9.17, 15) is 0 Å². The first-order valence-electron chi connectivity index (χ1n) is 7.00. The van der Waals surface area contributed by atoms with Crippen molar-refractivity contribution in [3.63, 3.8) is 0 Å². The number of ether oxygens (including phenoxy) is 3. The van der Waals surface area contributed by atoms with Gasteiger partial charge in [0.2, 0.25) is 0 Å². The van der Waals surface area contributed by atoms with Gasteiger partial charge in [-0.1, -0.05) is 12.1 Å². The molecular weight excluding hydrogens is 242 g/mol. The highest BCUT2D eigenvalue weighted by Crippen LogP contribution is 2.28. The van der Waals surface area contributed by atoms with Gasteiger partial charge < -0.3 is 19.9 Å². The molecule has 1 saturated carbocycles. The van der Waals surface area contributed by atoms with E-state index in [1.54, 1.807) is 0 Å². The van der Waals surface area contributed by atoms with Gasteiger partial charge in [0.15, 0.2) is 6.29 Å². The van der Waals surface area contributed by atoms with Gasteiger partial charge in [-0.15, -0.1) is 0 Å². The summed E-state index contributed by atoms with van der Waals surface area (Å²) in [6.07, 6.45) is 2.28. The summed E-state index contributed by atoms with van der Waals surface area (Å²) in [6, 6.07) is 7.58. The van der Waals surface area contributed by atoms with Crippen molar-refractivity contribution >= 4 is 0 Å². The van der Waals surface area contributed by atoms with Gasteiger partial charge in [0.1, 0.15) is 5.75 Å². The minimum absolute atomic E-state index is 0.303. The highest BCUT2D eigenvalue weighted by atomic mass is 16.7. The molecule has 1 atom stereocenters. The quantitative estimate of drug-likeness (QED) is 0.734. The molecule has 0 aliphatic heterocycles. The molecule has 0 heterocycles. The molecule has 0 radical (unpaired) electrons. The fourth-order valence-electron chi connectivity index (χ4n) is 1.91. The van der Waals surface area contributed by atoms with Crippen LogP contribution in [0.4, 0.5) is 0 Å². The van der Waals surface area contributed by atoms with Crippen LogP contribution < -0.4 is 10.5 Å². The van der Waals surface area contributed by atoms with E-state index >= 15 is 0 Å². The Morgan fingerprint density at radius 2 is 1.89 bits per heavy atom. The number of benzene rings is 1. The van der Waals surface area contributed by atoms with Crippen LogP contribution in [0.15, 0.2) is 24.3 Å². The van der Waals surface area contributed by atoms with Gasteiger partial charge in [0.25, 0.3) is 0 Å². The van der Waals surface area contributed by atoms with Crippen LogP contribution in [0.25, 0.3) is 0 Å². The molecule has 0 aromatic heterocycles. The van der Waals surface area contributed by atoms with Crippen LogP contribution in [0, 0.1) is 0 Å². The Hall–Kier alpha value is -1.10. The van der Waals surface area contributed by atoms with Crippen LogP contribution in [-0.4, -0.2) is 25.6 Å². The van der Waals surface area contributed by atoms with E-state index in [0.717, 1.165) is 24.2 Å². The summed E-state index contributed by atoms with van der Waals surface area (Å²) in [5, 5.41) is 0.